The fourth-order valence-corrected chi connectivity index (χ4v) is 1.47. The van der Waals surface area contributed by atoms with E-state index in [1.807, 2.05) is 18.9 Å². The lowest BCUT2D eigenvalue weighted by Crippen LogP contribution is -2.33. The van der Waals surface area contributed by atoms with Crippen molar-refractivity contribution in [2.75, 3.05) is 31.4 Å². The monoisotopic (exact) mass is 229 g/mol. The lowest BCUT2D eigenvalue weighted by atomic mass is 10.3. The molecule has 1 heterocycles. The van der Waals surface area contributed by atoms with Crippen LogP contribution in [0.15, 0.2) is 12.1 Å². The van der Waals surface area contributed by atoms with Crippen molar-refractivity contribution in [3.05, 3.63) is 17.3 Å². The van der Waals surface area contributed by atoms with Crippen molar-refractivity contribution in [2.24, 2.45) is 0 Å². The maximum Gasteiger partial charge on any atom is 0.133 e. The van der Waals surface area contributed by atoms with Crippen LogP contribution in [0.5, 0.6) is 0 Å². The molecule has 0 aliphatic carbocycles. The molecular weight excluding hydrogens is 214 g/mol. The molecule has 1 aromatic rings. The highest BCUT2D eigenvalue weighted by Gasteiger charge is 2.11. The molecule has 0 radical (unpaired) electrons. The third kappa shape index (κ3) is 3.25. The number of hydrogen-bond donors (Lipinski definition) is 1. The van der Waals surface area contributed by atoms with Crippen LogP contribution in [0.4, 0.5) is 11.5 Å². The number of ether oxygens (including phenoxy) is 1. The van der Waals surface area contributed by atoms with Gasteiger partial charge in [-0.1, -0.05) is 11.6 Å². The molecule has 0 spiro atoms. The number of hydrogen-bond acceptors (Lipinski definition) is 4. The second-order valence-corrected chi connectivity index (χ2v) is 3.88. The Morgan fingerprint density at radius 1 is 1.60 bits per heavy atom. The second kappa shape index (κ2) is 5.19. The summed E-state index contributed by atoms with van der Waals surface area (Å²) < 4.78 is 5.07. The van der Waals surface area contributed by atoms with E-state index in [9.17, 15) is 0 Å². The van der Waals surface area contributed by atoms with E-state index in [-0.39, 0.29) is 6.04 Å². The zero-order valence-electron chi connectivity index (χ0n) is 9.20. The Bertz CT molecular complexity index is 312. The van der Waals surface area contributed by atoms with Crippen LogP contribution in [0, 0.1) is 0 Å². The van der Waals surface area contributed by atoms with Crippen LogP contribution in [0.3, 0.4) is 0 Å². The molecule has 0 saturated carbocycles. The molecule has 1 unspecified atom stereocenters. The summed E-state index contributed by atoms with van der Waals surface area (Å²) in [5.74, 6) is 0.754. The largest absolute Gasteiger partial charge is 0.399 e. The van der Waals surface area contributed by atoms with E-state index in [2.05, 4.69) is 4.98 Å². The first-order valence-electron chi connectivity index (χ1n) is 4.69. The summed E-state index contributed by atoms with van der Waals surface area (Å²) in [5, 5.41) is 0.404. The van der Waals surface area contributed by atoms with Crippen LogP contribution in [0.1, 0.15) is 6.92 Å². The van der Waals surface area contributed by atoms with Gasteiger partial charge in [-0.2, -0.15) is 0 Å². The fourth-order valence-electron chi connectivity index (χ4n) is 1.26. The molecule has 0 fully saturated rings. The van der Waals surface area contributed by atoms with Crippen molar-refractivity contribution < 1.29 is 4.74 Å². The first-order valence-corrected chi connectivity index (χ1v) is 5.07. The maximum atomic E-state index is 5.83. The van der Waals surface area contributed by atoms with E-state index in [0.717, 1.165) is 5.82 Å². The van der Waals surface area contributed by atoms with Crippen LogP contribution in [0.25, 0.3) is 0 Å². The number of methoxy groups -OCH3 is 1. The van der Waals surface area contributed by atoms with Gasteiger partial charge in [0.05, 0.1) is 12.6 Å². The van der Waals surface area contributed by atoms with E-state index >= 15 is 0 Å². The van der Waals surface area contributed by atoms with E-state index in [1.165, 1.54) is 0 Å². The van der Waals surface area contributed by atoms with E-state index in [1.54, 1.807) is 19.2 Å². The number of nitrogens with two attached hydrogens (primary N) is 1. The number of rotatable bonds is 4. The Kier molecular flexibility index (Phi) is 4.17. The minimum atomic E-state index is 0.223. The molecule has 1 aromatic heterocycles. The average molecular weight is 230 g/mol. The van der Waals surface area contributed by atoms with Gasteiger partial charge in [0.2, 0.25) is 0 Å². The Morgan fingerprint density at radius 2 is 2.27 bits per heavy atom. The molecule has 0 aliphatic rings. The summed E-state index contributed by atoms with van der Waals surface area (Å²) in [4.78, 5) is 6.17. The highest BCUT2D eigenvalue weighted by molar-refractivity contribution is 6.29. The molecule has 5 heteroatoms. The molecule has 4 nitrogen and oxygen atoms in total. The highest BCUT2D eigenvalue weighted by Crippen LogP contribution is 2.19. The van der Waals surface area contributed by atoms with Crippen molar-refractivity contribution in [1.29, 1.82) is 0 Å². The molecule has 0 saturated heterocycles. The number of nitrogen functional groups attached to an aromatic ring is 1. The quantitative estimate of drug-likeness (QED) is 0.800. The molecule has 15 heavy (non-hydrogen) atoms. The van der Waals surface area contributed by atoms with E-state index in [0.29, 0.717) is 17.4 Å². The predicted molar refractivity (Wildman–Crippen MR) is 63.4 cm³/mol. The number of halogens is 1. The molecule has 0 aromatic carbocycles. The summed E-state index contributed by atoms with van der Waals surface area (Å²) in [6, 6.07) is 3.64. The Hall–Kier alpha value is -1.00. The third-order valence-corrected chi connectivity index (χ3v) is 2.43. The molecular formula is C10H16ClN3O. The van der Waals surface area contributed by atoms with Crippen LogP contribution in [-0.4, -0.2) is 31.8 Å². The minimum absolute atomic E-state index is 0.223. The van der Waals surface area contributed by atoms with Gasteiger partial charge in [-0.3, -0.25) is 0 Å². The lowest BCUT2D eigenvalue weighted by Gasteiger charge is -2.25. The zero-order chi connectivity index (χ0) is 11.4. The molecule has 0 bridgehead atoms. The van der Waals surface area contributed by atoms with Crippen molar-refractivity contribution in [2.45, 2.75) is 13.0 Å². The van der Waals surface area contributed by atoms with E-state index in [4.69, 9.17) is 22.1 Å². The predicted octanol–water partition coefficient (Wildman–Crippen LogP) is 1.79. The first-order chi connectivity index (χ1) is 7.04. The van der Waals surface area contributed by atoms with Crippen LogP contribution < -0.4 is 10.6 Å². The van der Waals surface area contributed by atoms with Crippen molar-refractivity contribution in [3.63, 3.8) is 0 Å². The van der Waals surface area contributed by atoms with Gasteiger partial charge < -0.3 is 15.4 Å². The molecule has 1 atom stereocenters. The molecule has 0 amide bonds. The summed E-state index contributed by atoms with van der Waals surface area (Å²) in [6.45, 7) is 2.67. The van der Waals surface area contributed by atoms with Gasteiger partial charge in [-0.25, -0.2) is 4.98 Å². The van der Waals surface area contributed by atoms with E-state index < -0.39 is 0 Å². The summed E-state index contributed by atoms with van der Waals surface area (Å²) in [6.07, 6.45) is 0. The number of pyridine rings is 1. The number of likely N-dealkylation sites (N-methyl/N-ethyl adjacent to an activating group) is 1. The van der Waals surface area contributed by atoms with Gasteiger partial charge in [0.1, 0.15) is 11.0 Å². The topological polar surface area (TPSA) is 51.4 Å². The smallest absolute Gasteiger partial charge is 0.133 e. The van der Waals surface area contributed by atoms with Crippen molar-refractivity contribution in [1.82, 2.24) is 4.98 Å². The molecule has 1 rings (SSSR count). The average Bonchev–Trinajstić information content (AvgIpc) is 2.15. The lowest BCUT2D eigenvalue weighted by molar-refractivity contribution is 0.183. The molecule has 84 valence electrons. The molecule has 2 N–H and O–H groups in total. The fraction of sp³-hybridized carbons (Fsp3) is 0.500. The Balaban J connectivity index is 2.85. The Labute approximate surface area is 95.0 Å². The van der Waals surface area contributed by atoms with Crippen LogP contribution >= 0.6 is 11.6 Å². The zero-order valence-corrected chi connectivity index (χ0v) is 9.95. The van der Waals surface area contributed by atoms with Gasteiger partial charge >= 0.3 is 0 Å². The number of aromatic nitrogens is 1. The Morgan fingerprint density at radius 3 is 2.80 bits per heavy atom. The standard InChI is InChI=1S/C10H16ClN3O/c1-7(6-15-3)14(2)10-5-8(12)4-9(11)13-10/h4-5,7H,6H2,1-3H3,(H2,12,13). The molecule has 0 aliphatic heterocycles. The maximum absolute atomic E-state index is 5.83. The highest BCUT2D eigenvalue weighted by atomic mass is 35.5. The van der Waals surface area contributed by atoms with Gasteiger partial charge in [-0.15, -0.1) is 0 Å². The summed E-state index contributed by atoms with van der Waals surface area (Å²) in [5.41, 5.74) is 6.30. The normalized spacial score (nSPS) is 12.5. The summed E-state index contributed by atoms with van der Waals surface area (Å²) >= 11 is 5.83. The van der Waals surface area contributed by atoms with Gasteiger partial charge in [0, 0.05) is 25.9 Å². The van der Waals surface area contributed by atoms with Gasteiger partial charge in [0.15, 0.2) is 0 Å². The van der Waals surface area contributed by atoms with Gasteiger partial charge in [-0.05, 0) is 13.0 Å². The minimum Gasteiger partial charge on any atom is -0.399 e. The SMILES string of the molecule is COCC(C)N(C)c1cc(N)cc(Cl)n1. The first kappa shape index (κ1) is 12.1. The number of nitrogens with zero attached hydrogens (tertiary/aromatic N) is 2. The van der Waals surface area contributed by atoms with Crippen molar-refractivity contribution >= 4 is 23.1 Å². The van der Waals surface area contributed by atoms with Gasteiger partial charge in [0.25, 0.3) is 0 Å². The second-order valence-electron chi connectivity index (χ2n) is 3.50. The van der Waals surface area contributed by atoms with Crippen molar-refractivity contribution in [3.8, 4) is 0 Å². The van der Waals surface area contributed by atoms with Crippen LogP contribution in [0.2, 0.25) is 5.15 Å². The third-order valence-electron chi connectivity index (χ3n) is 2.23. The number of anilines is 2. The van der Waals surface area contributed by atoms with Crippen LogP contribution in [-0.2, 0) is 4.74 Å². The summed E-state index contributed by atoms with van der Waals surface area (Å²) in [7, 11) is 3.60.